The Kier molecular flexibility index (Phi) is 4.79. The van der Waals surface area contributed by atoms with Crippen LogP contribution in [0.3, 0.4) is 0 Å². The third-order valence-corrected chi connectivity index (χ3v) is 4.43. The first kappa shape index (κ1) is 16.0. The topological polar surface area (TPSA) is 92.7 Å². The summed E-state index contributed by atoms with van der Waals surface area (Å²) in [4.78, 5) is 10.9. The van der Waals surface area contributed by atoms with Crippen molar-refractivity contribution >= 4 is 21.7 Å². The number of hydrogen-bond acceptors (Lipinski definition) is 4. The molecule has 0 amide bonds. The summed E-state index contributed by atoms with van der Waals surface area (Å²) in [7, 11) is -2.29. The monoisotopic (exact) mass is 321 g/mol. The number of nitrogens with one attached hydrogen (secondary N) is 1. The SMILES string of the molecule is COCc1ccccc1S(=O)(=O)Nc1ccc(C(=O)O)cc1. The summed E-state index contributed by atoms with van der Waals surface area (Å²) in [5.74, 6) is -1.07. The quantitative estimate of drug-likeness (QED) is 0.852. The van der Waals surface area contributed by atoms with E-state index in [-0.39, 0.29) is 22.8 Å². The molecule has 0 radical (unpaired) electrons. The molecule has 0 aliphatic heterocycles. The van der Waals surface area contributed by atoms with Crippen molar-refractivity contribution in [1.82, 2.24) is 0 Å². The number of ether oxygens (including phenoxy) is 1. The van der Waals surface area contributed by atoms with Gasteiger partial charge in [-0.25, -0.2) is 13.2 Å². The van der Waals surface area contributed by atoms with Gasteiger partial charge in [0.05, 0.1) is 17.1 Å². The van der Waals surface area contributed by atoms with Crippen molar-refractivity contribution in [2.24, 2.45) is 0 Å². The Balaban J connectivity index is 2.30. The minimum Gasteiger partial charge on any atom is -0.478 e. The number of sulfonamides is 1. The maximum absolute atomic E-state index is 12.4. The summed E-state index contributed by atoms with van der Waals surface area (Å²) >= 11 is 0. The van der Waals surface area contributed by atoms with Crippen molar-refractivity contribution in [3.63, 3.8) is 0 Å². The molecule has 0 aliphatic rings. The van der Waals surface area contributed by atoms with Gasteiger partial charge in [0.2, 0.25) is 0 Å². The lowest BCUT2D eigenvalue weighted by molar-refractivity contribution is 0.0697. The van der Waals surface area contributed by atoms with E-state index in [4.69, 9.17) is 9.84 Å². The van der Waals surface area contributed by atoms with Crippen LogP contribution in [-0.4, -0.2) is 26.6 Å². The summed E-state index contributed by atoms with van der Waals surface area (Å²) in [5, 5.41) is 8.83. The molecule has 2 aromatic carbocycles. The minimum atomic E-state index is -3.78. The second-order valence-electron chi connectivity index (χ2n) is 4.53. The maximum Gasteiger partial charge on any atom is 0.335 e. The van der Waals surface area contributed by atoms with E-state index in [0.717, 1.165) is 0 Å². The third kappa shape index (κ3) is 3.63. The average molecular weight is 321 g/mol. The molecule has 6 nitrogen and oxygen atoms in total. The van der Waals surface area contributed by atoms with Crippen LogP contribution in [0.2, 0.25) is 0 Å². The highest BCUT2D eigenvalue weighted by Gasteiger charge is 2.18. The van der Waals surface area contributed by atoms with Gasteiger partial charge < -0.3 is 9.84 Å². The lowest BCUT2D eigenvalue weighted by Crippen LogP contribution is -2.15. The molecule has 0 heterocycles. The lowest BCUT2D eigenvalue weighted by atomic mass is 10.2. The van der Waals surface area contributed by atoms with E-state index in [9.17, 15) is 13.2 Å². The predicted molar refractivity (Wildman–Crippen MR) is 81.4 cm³/mol. The zero-order valence-electron chi connectivity index (χ0n) is 11.8. The molecule has 2 aromatic rings. The smallest absolute Gasteiger partial charge is 0.335 e. The van der Waals surface area contributed by atoms with E-state index >= 15 is 0 Å². The summed E-state index contributed by atoms with van der Waals surface area (Å²) in [6, 6.07) is 12.0. The Labute approximate surface area is 128 Å². The number of carbonyl (C=O) groups is 1. The fourth-order valence-corrected chi connectivity index (χ4v) is 3.22. The van der Waals surface area contributed by atoms with Crippen molar-refractivity contribution in [3.8, 4) is 0 Å². The fraction of sp³-hybridized carbons (Fsp3) is 0.133. The van der Waals surface area contributed by atoms with Gasteiger partial charge in [-0.2, -0.15) is 0 Å². The Morgan fingerprint density at radius 2 is 1.77 bits per heavy atom. The minimum absolute atomic E-state index is 0.0859. The third-order valence-electron chi connectivity index (χ3n) is 2.95. The van der Waals surface area contributed by atoms with Crippen LogP contribution in [-0.2, 0) is 21.4 Å². The number of anilines is 1. The molecule has 7 heteroatoms. The van der Waals surface area contributed by atoms with E-state index < -0.39 is 16.0 Å². The van der Waals surface area contributed by atoms with Crippen molar-refractivity contribution in [2.45, 2.75) is 11.5 Å². The van der Waals surface area contributed by atoms with Crippen LogP contribution < -0.4 is 4.72 Å². The number of aromatic carboxylic acids is 1. The predicted octanol–water partition coefficient (Wildman–Crippen LogP) is 2.33. The largest absolute Gasteiger partial charge is 0.478 e. The lowest BCUT2D eigenvalue weighted by Gasteiger charge is -2.12. The molecule has 0 atom stereocenters. The molecule has 0 saturated heterocycles. The molecule has 0 aliphatic carbocycles. The molecule has 2 rings (SSSR count). The van der Waals surface area contributed by atoms with E-state index in [1.54, 1.807) is 18.2 Å². The molecular formula is C15H15NO5S. The van der Waals surface area contributed by atoms with Crippen LogP contribution in [0.4, 0.5) is 5.69 Å². The number of rotatable bonds is 6. The molecule has 0 fully saturated rings. The van der Waals surface area contributed by atoms with Gasteiger partial charge in [0.25, 0.3) is 10.0 Å². The number of hydrogen-bond donors (Lipinski definition) is 2. The van der Waals surface area contributed by atoms with Gasteiger partial charge in [-0.3, -0.25) is 4.72 Å². The van der Waals surface area contributed by atoms with Gasteiger partial charge in [0.15, 0.2) is 0 Å². The summed E-state index contributed by atoms with van der Waals surface area (Å²) in [5.41, 5.74) is 0.916. The molecular weight excluding hydrogens is 306 g/mol. The van der Waals surface area contributed by atoms with Crippen LogP contribution in [0.5, 0.6) is 0 Å². The Morgan fingerprint density at radius 3 is 2.36 bits per heavy atom. The molecule has 0 unspecified atom stereocenters. The number of carboxylic acids is 1. The summed E-state index contributed by atoms with van der Waals surface area (Å²) in [6.45, 7) is 0.176. The molecule has 0 bridgehead atoms. The highest BCUT2D eigenvalue weighted by molar-refractivity contribution is 7.92. The first-order chi connectivity index (χ1) is 10.4. The summed E-state index contributed by atoms with van der Waals surface area (Å²) < 4.78 is 32.3. The van der Waals surface area contributed by atoms with Gasteiger partial charge in [-0.05, 0) is 35.9 Å². The molecule has 0 spiro atoms. The van der Waals surface area contributed by atoms with E-state index in [1.165, 1.54) is 37.4 Å². The number of carboxylic acid groups (broad SMARTS) is 1. The Hall–Kier alpha value is -2.38. The van der Waals surface area contributed by atoms with Gasteiger partial charge in [-0.15, -0.1) is 0 Å². The van der Waals surface area contributed by atoms with E-state index in [2.05, 4.69) is 4.72 Å². The van der Waals surface area contributed by atoms with Crippen LogP contribution in [0, 0.1) is 0 Å². The average Bonchev–Trinajstić information content (AvgIpc) is 2.48. The van der Waals surface area contributed by atoms with Crippen LogP contribution in [0.1, 0.15) is 15.9 Å². The van der Waals surface area contributed by atoms with E-state index in [1.807, 2.05) is 0 Å². The first-order valence-electron chi connectivity index (χ1n) is 6.37. The van der Waals surface area contributed by atoms with Crippen LogP contribution in [0.15, 0.2) is 53.4 Å². The zero-order chi connectivity index (χ0) is 16.2. The first-order valence-corrected chi connectivity index (χ1v) is 7.85. The van der Waals surface area contributed by atoms with Crippen molar-refractivity contribution in [3.05, 3.63) is 59.7 Å². The van der Waals surface area contributed by atoms with Crippen molar-refractivity contribution in [2.75, 3.05) is 11.8 Å². The molecule has 0 saturated carbocycles. The van der Waals surface area contributed by atoms with Gasteiger partial charge in [0, 0.05) is 12.8 Å². The molecule has 0 aromatic heterocycles. The van der Waals surface area contributed by atoms with Gasteiger partial charge in [-0.1, -0.05) is 18.2 Å². The zero-order valence-corrected chi connectivity index (χ0v) is 12.6. The highest BCUT2D eigenvalue weighted by Crippen LogP contribution is 2.20. The standard InChI is InChI=1S/C15H15NO5S/c1-21-10-12-4-2-3-5-14(12)22(19,20)16-13-8-6-11(7-9-13)15(17)18/h2-9,16H,10H2,1H3,(H,17,18). The normalized spacial score (nSPS) is 11.1. The van der Waals surface area contributed by atoms with E-state index in [0.29, 0.717) is 5.56 Å². The van der Waals surface area contributed by atoms with Gasteiger partial charge in [0.1, 0.15) is 0 Å². The number of benzene rings is 2. The van der Waals surface area contributed by atoms with Gasteiger partial charge >= 0.3 is 5.97 Å². The Morgan fingerprint density at radius 1 is 1.14 bits per heavy atom. The second-order valence-corrected chi connectivity index (χ2v) is 6.18. The highest BCUT2D eigenvalue weighted by atomic mass is 32.2. The molecule has 2 N–H and O–H groups in total. The van der Waals surface area contributed by atoms with Crippen LogP contribution >= 0.6 is 0 Å². The Bertz CT molecular complexity index is 769. The van der Waals surface area contributed by atoms with Crippen molar-refractivity contribution < 1.29 is 23.1 Å². The van der Waals surface area contributed by atoms with Crippen molar-refractivity contribution in [1.29, 1.82) is 0 Å². The molecule has 22 heavy (non-hydrogen) atoms. The molecule has 116 valence electrons. The summed E-state index contributed by atoms with van der Waals surface area (Å²) in [6.07, 6.45) is 0. The number of methoxy groups -OCH3 is 1. The second kappa shape index (κ2) is 6.59. The fourth-order valence-electron chi connectivity index (χ4n) is 1.93. The maximum atomic E-state index is 12.4. The van der Waals surface area contributed by atoms with Crippen LogP contribution in [0.25, 0.3) is 0 Å².